The van der Waals surface area contributed by atoms with Gasteiger partial charge in [0.25, 0.3) is 0 Å². The maximum atomic E-state index is 13.3. The van der Waals surface area contributed by atoms with E-state index < -0.39 is 22.2 Å². The number of hydrogen-bond acceptors (Lipinski definition) is 5. The molecule has 0 amide bonds. The van der Waals surface area contributed by atoms with Crippen LogP contribution in [0.25, 0.3) is 16.6 Å². The number of ether oxygens (including phenoxy) is 1. The van der Waals surface area contributed by atoms with E-state index in [0.29, 0.717) is 5.75 Å². The van der Waals surface area contributed by atoms with Gasteiger partial charge >= 0.3 is 0 Å². The number of fused-ring (bicyclic) bond motifs is 1. The van der Waals surface area contributed by atoms with Crippen molar-refractivity contribution in [1.82, 2.24) is 19.5 Å². The number of benzene rings is 3. The summed E-state index contributed by atoms with van der Waals surface area (Å²) in [6.07, 6.45) is 3.92. The third-order valence-electron chi connectivity index (χ3n) is 5.74. The third-order valence-corrected chi connectivity index (χ3v) is 7.29. The smallest absolute Gasteiger partial charge is 0.242 e. The van der Waals surface area contributed by atoms with Gasteiger partial charge in [-0.2, -0.15) is 5.10 Å². The maximum Gasteiger partial charge on any atom is 0.242 e. The molecule has 2 unspecified atom stereocenters. The van der Waals surface area contributed by atoms with Crippen molar-refractivity contribution in [2.75, 3.05) is 0 Å². The fraction of sp³-hybridized carbons (Fsp3) is 0.111. The second-order valence-electron chi connectivity index (χ2n) is 8.30. The van der Waals surface area contributed by atoms with E-state index in [4.69, 9.17) is 4.74 Å². The highest BCUT2D eigenvalue weighted by Gasteiger charge is 2.27. The zero-order valence-corrected chi connectivity index (χ0v) is 20.1. The second kappa shape index (κ2) is 9.88. The van der Waals surface area contributed by atoms with Crippen molar-refractivity contribution in [3.8, 4) is 11.4 Å². The van der Waals surface area contributed by atoms with Gasteiger partial charge < -0.3 is 4.74 Å². The molecule has 0 aliphatic carbocycles. The molecule has 0 bridgehead atoms. The van der Waals surface area contributed by atoms with Gasteiger partial charge in [0.05, 0.1) is 23.4 Å². The molecule has 0 fully saturated rings. The van der Waals surface area contributed by atoms with Crippen LogP contribution in [0.2, 0.25) is 0 Å². The van der Waals surface area contributed by atoms with Gasteiger partial charge in [0, 0.05) is 17.8 Å². The molecule has 0 spiro atoms. The number of halogens is 1. The molecule has 2 aromatic heterocycles. The number of rotatable bonds is 8. The SMILES string of the molecule is CC(NS(=O)(=O)c1cccnc1)C(Oc1ccc2c(cnn2-c2ccc(F)cc2)c1)c1ccccc1. The van der Waals surface area contributed by atoms with Gasteiger partial charge in [-0.3, -0.25) is 4.98 Å². The number of pyridine rings is 1. The van der Waals surface area contributed by atoms with Crippen LogP contribution in [0.1, 0.15) is 18.6 Å². The minimum atomic E-state index is -3.80. The first-order chi connectivity index (χ1) is 17.4. The number of sulfonamides is 1. The molecule has 0 aliphatic rings. The topological polar surface area (TPSA) is 86.1 Å². The Kier molecular flexibility index (Phi) is 6.49. The summed E-state index contributed by atoms with van der Waals surface area (Å²) in [6, 6.07) is 23.5. The summed E-state index contributed by atoms with van der Waals surface area (Å²) in [5, 5.41) is 5.26. The normalized spacial score (nSPS) is 13.4. The zero-order chi connectivity index (χ0) is 25.1. The summed E-state index contributed by atoms with van der Waals surface area (Å²) in [4.78, 5) is 3.99. The van der Waals surface area contributed by atoms with E-state index in [2.05, 4.69) is 14.8 Å². The summed E-state index contributed by atoms with van der Waals surface area (Å²) in [6.45, 7) is 1.76. The van der Waals surface area contributed by atoms with E-state index in [1.807, 2.05) is 48.5 Å². The number of hydrogen-bond donors (Lipinski definition) is 1. The summed E-state index contributed by atoms with van der Waals surface area (Å²) >= 11 is 0. The molecule has 182 valence electrons. The van der Waals surface area contributed by atoms with Crippen LogP contribution >= 0.6 is 0 Å². The molecule has 2 atom stereocenters. The predicted octanol–water partition coefficient (Wildman–Crippen LogP) is 5.05. The summed E-state index contributed by atoms with van der Waals surface area (Å²) in [5.41, 5.74) is 2.39. The molecule has 0 aliphatic heterocycles. The monoisotopic (exact) mass is 502 g/mol. The lowest BCUT2D eigenvalue weighted by Crippen LogP contribution is -2.39. The Morgan fingerprint density at radius 1 is 0.944 bits per heavy atom. The van der Waals surface area contributed by atoms with Gasteiger partial charge in [0.2, 0.25) is 10.0 Å². The number of aromatic nitrogens is 3. The molecular formula is C27H23FN4O3S. The first-order valence-corrected chi connectivity index (χ1v) is 12.8. The lowest BCUT2D eigenvalue weighted by Gasteiger charge is -2.26. The highest BCUT2D eigenvalue weighted by Crippen LogP contribution is 2.29. The average Bonchev–Trinajstić information content (AvgIpc) is 3.32. The highest BCUT2D eigenvalue weighted by atomic mass is 32.2. The molecule has 9 heteroatoms. The standard InChI is InChI=1S/C27H23FN4O3S/c1-19(31-36(33,34)25-8-5-15-29-18-25)27(20-6-3-2-4-7-20)35-24-13-14-26-21(16-24)17-30-32(26)23-11-9-22(28)10-12-23/h2-19,27,31H,1H3. The third kappa shape index (κ3) is 4.98. The van der Waals surface area contributed by atoms with Crippen molar-refractivity contribution in [3.63, 3.8) is 0 Å². The lowest BCUT2D eigenvalue weighted by atomic mass is 10.0. The van der Waals surface area contributed by atoms with Crippen LogP contribution in [-0.4, -0.2) is 29.2 Å². The quantitative estimate of drug-likeness (QED) is 0.321. The highest BCUT2D eigenvalue weighted by molar-refractivity contribution is 7.89. The Morgan fingerprint density at radius 3 is 2.44 bits per heavy atom. The Morgan fingerprint density at radius 2 is 1.72 bits per heavy atom. The molecular weight excluding hydrogens is 479 g/mol. The molecule has 1 N–H and O–H groups in total. The maximum absolute atomic E-state index is 13.3. The Hall–Kier alpha value is -4.08. The van der Waals surface area contributed by atoms with Gasteiger partial charge in [-0.25, -0.2) is 22.2 Å². The van der Waals surface area contributed by atoms with Gasteiger partial charge in [-0.05, 0) is 67.1 Å². The molecule has 3 aromatic carbocycles. The van der Waals surface area contributed by atoms with Crippen molar-refractivity contribution < 1.29 is 17.5 Å². The van der Waals surface area contributed by atoms with Crippen molar-refractivity contribution in [2.45, 2.75) is 24.0 Å². The van der Waals surface area contributed by atoms with Crippen LogP contribution in [0.15, 0.2) is 108 Å². The number of nitrogens with zero attached hydrogens (tertiary/aromatic N) is 3. The van der Waals surface area contributed by atoms with E-state index in [1.54, 1.807) is 36.0 Å². The molecule has 36 heavy (non-hydrogen) atoms. The van der Waals surface area contributed by atoms with Crippen LogP contribution < -0.4 is 9.46 Å². The second-order valence-corrected chi connectivity index (χ2v) is 10.0. The first-order valence-electron chi connectivity index (χ1n) is 11.3. The Bertz CT molecular complexity index is 1570. The van der Waals surface area contributed by atoms with Gasteiger partial charge in [-0.15, -0.1) is 0 Å². The predicted molar refractivity (Wildman–Crippen MR) is 135 cm³/mol. The largest absolute Gasteiger partial charge is 0.484 e. The van der Waals surface area contributed by atoms with Crippen molar-refractivity contribution in [2.24, 2.45) is 0 Å². The Labute approximate surface area is 208 Å². The van der Waals surface area contributed by atoms with E-state index in [9.17, 15) is 12.8 Å². The van der Waals surface area contributed by atoms with E-state index in [-0.39, 0.29) is 10.7 Å². The van der Waals surface area contributed by atoms with Gasteiger partial charge in [0.15, 0.2) is 0 Å². The number of nitrogens with one attached hydrogen (secondary N) is 1. The zero-order valence-electron chi connectivity index (χ0n) is 19.3. The molecule has 5 aromatic rings. The summed E-state index contributed by atoms with van der Waals surface area (Å²) in [5.74, 6) is 0.244. The molecule has 0 saturated heterocycles. The fourth-order valence-electron chi connectivity index (χ4n) is 4.00. The van der Waals surface area contributed by atoms with Crippen LogP contribution in [0.3, 0.4) is 0 Å². The molecule has 0 radical (unpaired) electrons. The van der Waals surface area contributed by atoms with Crippen LogP contribution in [0.5, 0.6) is 5.75 Å². The van der Waals surface area contributed by atoms with E-state index >= 15 is 0 Å². The van der Waals surface area contributed by atoms with Gasteiger partial charge in [-0.1, -0.05) is 30.3 Å². The van der Waals surface area contributed by atoms with Crippen LogP contribution in [0, 0.1) is 5.82 Å². The van der Waals surface area contributed by atoms with Crippen molar-refractivity contribution in [1.29, 1.82) is 0 Å². The van der Waals surface area contributed by atoms with Gasteiger partial charge in [0.1, 0.15) is 22.6 Å². The average molecular weight is 503 g/mol. The lowest BCUT2D eigenvalue weighted by molar-refractivity contribution is 0.173. The summed E-state index contributed by atoms with van der Waals surface area (Å²) in [7, 11) is -3.80. The minimum absolute atomic E-state index is 0.0817. The fourth-order valence-corrected chi connectivity index (χ4v) is 5.21. The molecule has 0 saturated carbocycles. The Balaban J connectivity index is 1.44. The van der Waals surface area contributed by atoms with Crippen LogP contribution in [0.4, 0.5) is 4.39 Å². The minimum Gasteiger partial charge on any atom is -0.484 e. The van der Waals surface area contributed by atoms with Crippen molar-refractivity contribution >= 4 is 20.9 Å². The summed E-state index contributed by atoms with van der Waals surface area (Å²) < 4.78 is 50.0. The molecule has 7 nitrogen and oxygen atoms in total. The van der Waals surface area contributed by atoms with Crippen LogP contribution in [-0.2, 0) is 10.0 Å². The van der Waals surface area contributed by atoms with E-state index in [0.717, 1.165) is 22.2 Å². The van der Waals surface area contributed by atoms with E-state index in [1.165, 1.54) is 30.6 Å². The molecule has 5 rings (SSSR count). The first kappa shape index (κ1) is 23.7. The molecule has 2 heterocycles. The van der Waals surface area contributed by atoms with Crippen molar-refractivity contribution in [3.05, 3.63) is 115 Å².